The number of hydrogen-bond acceptors (Lipinski definition) is 5. The van der Waals surface area contributed by atoms with Crippen molar-refractivity contribution < 1.29 is 17.9 Å². The molecule has 2 rings (SSSR count). The minimum Gasteiger partial charge on any atom is -0.497 e. The van der Waals surface area contributed by atoms with Gasteiger partial charge in [-0.25, -0.2) is 13.1 Å². The molecule has 0 aromatic heterocycles. The van der Waals surface area contributed by atoms with Crippen LogP contribution in [0, 0.1) is 0 Å². The Labute approximate surface area is 119 Å². The summed E-state index contributed by atoms with van der Waals surface area (Å²) in [6.45, 7) is 1.58. The standard InChI is InChI=1S/C13H20N2O4S/c1-18-10-3-4-13-11(9-10)12(5-8-19-13)14-6-7-15-20(2,16)17/h3-4,9,12,14-15H,5-8H2,1-2H3. The maximum absolute atomic E-state index is 11.0. The van der Waals surface area contributed by atoms with Crippen molar-refractivity contribution in [2.45, 2.75) is 12.5 Å². The molecule has 0 amide bonds. The van der Waals surface area contributed by atoms with Crippen LogP contribution in [0.2, 0.25) is 0 Å². The molecule has 0 saturated heterocycles. The fourth-order valence-electron chi connectivity index (χ4n) is 2.19. The van der Waals surface area contributed by atoms with Gasteiger partial charge in [0.05, 0.1) is 20.0 Å². The van der Waals surface area contributed by atoms with Gasteiger partial charge in [-0.1, -0.05) is 0 Å². The highest BCUT2D eigenvalue weighted by Crippen LogP contribution is 2.34. The van der Waals surface area contributed by atoms with Crippen molar-refractivity contribution in [2.75, 3.05) is 33.1 Å². The van der Waals surface area contributed by atoms with Crippen LogP contribution >= 0.6 is 0 Å². The number of hydrogen-bond donors (Lipinski definition) is 2. The Morgan fingerprint density at radius 2 is 2.20 bits per heavy atom. The summed E-state index contributed by atoms with van der Waals surface area (Å²) < 4.78 is 35.3. The lowest BCUT2D eigenvalue weighted by Crippen LogP contribution is -2.34. The van der Waals surface area contributed by atoms with Gasteiger partial charge in [0.25, 0.3) is 0 Å². The largest absolute Gasteiger partial charge is 0.497 e. The van der Waals surface area contributed by atoms with Gasteiger partial charge in [-0.3, -0.25) is 0 Å². The van der Waals surface area contributed by atoms with Gasteiger partial charge in [0, 0.05) is 31.1 Å². The van der Waals surface area contributed by atoms with Crippen molar-refractivity contribution in [2.24, 2.45) is 0 Å². The number of rotatable bonds is 6. The first-order chi connectivity index (χ1) is 9.49. The Balaban J connectivity index is 1.97. The molecule has 0 fully saturated rings. The zero-order valence-corrected chi connectivity index (χ0v) is 12.5. The molecule has 1 unspecified atom stereocenters. The van der Waals surface area contributed by atoms with E-state index in [1.54, 1.807) is 7.11 Å². The van der Waals surface area contributed by atoms with E-state index in [4.69, 9.17) is 9.47 Å². The topological polar surface area (TPSA) is 76.7 Å². The Morgan fingerprint density at radius 1 is 1.40 bits per heavy atom. The maximum atomic E-state index is 11.0. The fourth-order valence-corrected chi connectivity index (χ4v) is 2.67. The van der Waals surface area contributed by atoms with Crippen LogP contribution in [0.1, 0.15) is 18.0 Å². The molecule has 0 aliphatic carbocycles. The molecule has 0 spiro atoms. The summed E-state index contributed by atoms with van der Waals surface area (Å²) in [5.74, 6) is 1.64. The molecule has 0 saturated carbocycles. The van der Waals surface area contributed by atoms with Crippen molar-refractivity contribution in [1.29, 1.82) is 0 Å². The van der Waals surface area contributed by atoms with E-state index in [9.17, 15) is 8.42 Å². The average molecular weight is 300 g/mol. The normalized spacial score (nSPS) is 18.2. The van der Waals surface area contributed by atoms with Gasteiger partial charge >= 0.3 is 0 Å². The summed E-state index contributed by atoms with van der Waals surface area (Å²) in [5.41, 5.74) is 1.05. The van der Waals surface area contributed by atoms with Crippen molar-refractivity contribution in [3.63, 3.8) is 0 Å². The van der Waals surface area contributed by atoms with Crippen molar-refractivity contribution in [3.05, 3.63) is 23.8 Å². The molecule has 1 aromatic rings. The van der Waals surface area contributed by atoms with Crippen LogP contribution in [0.15, 0.2) is 18.2 Å². The summed E-state index contributed by atoms with van der Waals surface area (Å²) in [4.78, 5) is 0. The highest BCUT2D eigenvalue weighted by Gasteiger charge is 2.21. The molecule has 1 aliphatic rings. The van der Waals surface area contributed by atoms with E-state index in [1.165, 1.54) is 0 Å². The van der Waals surface area contributed by atoms with Gasteiger partial charge in [0.15, 0.2) is 0 Å². The molecule has 1 aliphatic heterocycles. The van der Waals surface area contributed by atoms with E-state index in [0.717, 1.165) is 29.7 Å². The third kappa shape index (κ3) is 4.09. The second-order valence-corrected chi connectivity index (χ2v) is 6.55. The molecule has 20 heavy (non-hydrogen) atoms. The predicted molar refractivity (Wildman–Crippen MR) is 76.7 cm³/mol. The van der Waals surface area contributed by atoms with Crippen LogP contribution in [0.5, 0.6) is 11.5 Å². The molecular weight excluding hydrogens is 280 g/mol. The van der Waals surface area contributed by atoms with E-state index in [1.807, 2.05) is 18.2 Å². The van der Waals surface area contributed by atoms with Gasteiger partial charge in [-0.2, -0.15) is 0 Å². The molecule has 1 atom stereocenters. The quantitative estimate of drug-likeness (QED) is 0.755. The zero-order valence-electron chi connectivity index (χ0n) is 11.7. The number of methoxy groups -OCH3 is 1. The van der Waals surface area contributed by atoms with E-state index >= 15 is 0 Å². The van der Waals surface area contributed by atoms with Gasteiger partial charge in [0.2, 0.25) is 10.0 Å². The van der Waals surface area contributed by atoms with E-state index < -0.39 is 10.0 Å². The van der Waals surface area contributed by atoms with Crippen molar-refractivity contribution >= 4 is 10.0 Å². The fraction of sp³-hybridized carbons (Fsp3) is 0.538. The Morgan fingerprint density at radius 3 is 2.90 bits per heavy atom. The van der Waals surface area contributed by atoms with E-state index in [0.29, 0.717) is 19.7 Å². The van der Waals surface area contributed by atoms with Crippen LogP contribution in [-0.4, -0.2) is 41.5 Å². The van der Waals surface area contributed by atoms with E-state index in [2.05, 4.69) is 10.0 Å². The predicted octanol–water partition coefficient (Wildman–Crippen LogP) is 0.658. The summed E-state index contributed by atoms with van der Waals surface area (Å²) in [5, 5.41) is 3.34. The molecule has 0 bridgehead atoms. The van der Waals surface area contributed by atoms with Gasteiger partial charge < -0.3 is 14.8 Å². The van der Waals surface area contributed by atoms with Crippen molar-refractivity contribution in [1.82, 2.24) is 10.0 Å². The molecule has 7 heteroatoms. The van der Waals surface area contributed by atoms with Crippen LogP contribution in [0.25, 0.3) is 0 Å². The molecule has 6 nitrogen and oxygen atoms in total. The minimum absolute atomic E-state index is 0.148. The van der Waals surface area contributed by atoms with Crippen LogP contribution < -0.4 is 19.5 Å². The van der Waals surface area contributed by atoms with Gasteiger partial charge in [-0.15, -0.1) is 0 Å². The third-order valence-corrected chi connectivity index (χ3v) is 3.86. The number of sulfonamides is 1. The number of ether oxygens (including phenoxy) is 2. The highest BCUT2D eigenvalue weighted by molar-refractivity contribution is 7.88. The third-order valence-electron chi connectivity index (χ3n) is 3.14. The molecule has 1 aromatic carbocycles. The van der Waals surface area contributed by atoms with Gasteiger partial charge in [0.1, 0.15) is 11.5 Å². The Kier molecular flexibility index (Phi) is 4.85. The first-order valence-electron chi connectivity index (χ1n) is 6.48. The summed E-state index contributed by atoms with van der Waals surface area (Å²) in [6.07, 6.45) is 2.00. The Bertz CT molecular complexity index is 559. The Hall–Kier alpha value is -1.31. The second-order valence-electron chi connectivity index (χ2n) is 4.71. The molecule has 2 N–H and O–H groups in total. The van der Waals surface area contributed by atoms with Crippen molar-refractivity contribution in [3.8, 4) is 11.5 Å². The number of benzene rings is 1. The monoisotopic (exact) mass is 300 g/mol. The van der Waals surface area contributed by atoms with Crippen LogP contribution in [-0.2, 0) is 10.0 Å². The molecular formula is C13H20N2O4S. The average Bonchev–Trinajstić information content (AvgIpc) is 2.42. The first kappa shape index (κ1) is 15.1. The minimum atomic E-state index is -3.13. The van der Waals surface area contributed by atoms with Crippen LogP contribution in [0.3, 0.4) is 0 Å². The molecule has 0 radical (unpaired) electrons. The second kappa shape index (κ2) is 6.43. The van der Waals surface area contributed by atoms with Gasteiger partial charge in [-0.05, 0) is 18.2 Å². The van der Waals surface area contributed by atoms with Crippen LogP contribution in [0.4, 0.5) is 0 Å². The number of nitrogens with one attached hydrogen (secondary N) is 2. The summed E-state index contributed by atoms with van der Waals surface area (Å²) in [6, 6.07) is 5.87. The summed E-state index contributed by atoms with van der Waals surface area (Å²) >= 11 is 0. The maximum Gasteiger partial charge on any atom is 0.208 e. The molecule has 1 heterocycles. The SMILES string of the molecule is COc1ccc2c(c1)C(NCCNS(C)(=O)=O)CCO2. The smallest absolute Gasteiger partial charge is 0.208 e. The zero-order chi connectivity index (χ0) is 14.6. The first-order valence-corrected chi connectivity index (χ1v) is 8.37. The van der Waals surface area contributed by atoms with E-state index in [-0.39, 0.29) is 6.04 Å². The lowest BCUT2D eigenvalue weighted by atomic mass is 10.0. The highest BCUT2D eigenvalue weighted by atomic mass is 32.2. The lowest BCUT2D eigenvalue weighted by Gasteiger charge is -2.27. The number of fused-ring (bicyclic) bond motifs is 1. The lowest BCUT2D eigenvalue weighted by molar-refractivity contribution is 0.252. The summed E-state index contributed by atoms with van der Waals surface area (Å²) in [7, 11) is -1.50. The molecule has 112 valence electrons.